The molecule has 0 atom stereocenters. The number of ether oxygens (including phenoxy) is 1. The lowest BCUT2D eigenvalue weighted by molar-refractivity contribution is -0.384. The molecular formula is C17H17NO3. The number of hydrogen-bond donors (Lipinski definition) is 0. The number of benzene rings is 2. The van der Waals surface area contributed by atoms with Crippen LogP contribution in [0.4, 0.5) is 5.69 Å². The molecule has 0 radical (unpaired) electrons. The van der Waals surface area contributed by atoms with Crippen LogP contribution in [0.5, 0.6) is 5.75 Å². The van der Waals surface area contributed by atoms with Crippen molar-refractivity contribution >= 4 is 17.8 Å². The normalized spacial score (nSPS) is 10.7. The average Bonchev–Trinajstić information content (AvgIpc) is 2.52. The minimum atomic E-state index is -0.400. The van der Waals surface area contributed by atoms with Gasteiger partial charge in [-0.15, -0.1) is 0 Å². The Morgan fingerprint density at radius 3 is 2.00 bits per heavy atom. The molecule has 0 spiro atoms. The molecule has 0 aliphatic heterocycles. The summed E-state index contributed by atoms with van der Waals surface area (Å²) in [7, 11) is 0. The van der Waals surface area contributed by atoms with Crippen molar-refractivity contribution in [2.75, 3.05) is 6.61 Å². The maximum Gasteiger partial charge on any atom is 0.269 e. The topological polar surface area (TPSA) is 52.4 Å². The first kappa shape index (κ1) is 14.8. The van der Waals surface area contributed by atoms with E-state index >= 15 is 0 Å². The molecular weight excluding hydrogens is 266 g/mol. The highest BCUT2D eigenvalue weighted by Crippen LogP contribution is 2.16. The lowest BCUT2D eigenvalue weighted by atomic mass is 10.1. The molecule has 0 fully saturated rings. The third kappa shape index (κ3) is 4.45. The molecule has 21 heavy (non-hydrogen) atoms. The van der Waals surface area contributed by atoms with Crippen LogP contribution in [0, 0.1) is 10.1 Å². The summed E-state index contributed by atoms with van der Waals surface area (Å²) in [5.41, 5.74) is 2.08. The lowest BCUT2D eigenvalue weighted by Crippen LogP contribution is -1.94. The molecule has 4 heteroatoms. The minimum Gasteiger partial charge on any atom is -0.494 e. The Morgan fingerprint density at radius 1 is 1.00 bits per heavy atom. The second-order valence-corrected chi connectivity index (χ2v) is 4.60. The maximum atomic E-state index is 10.6. The average molecular weight is 283 g/mol. The third-order valence-corrected chi connectivity index (χ3v) is 2.93. The van der Waals surface area contributed by atoms with E-state index in [1.165, 1.54) is 12.1 Å². The van der Waals surface area contributed by atoms with Crippen LogP contribution in [0.2, 0.25) is 0 Å². The summed E-state index contributed by atoms with van der Waals surface area (Å²) in [4.78, 5) is 10.2. The van der Waals surface area contributed by atoms with Crippen molar-refractivity contribution in [2.24, 2.45) is 0 Å². The molecule has 0 saturated heterocycles. The van der Waals surface area contributed by atoms with E-state index in [4.69, 9.17) is 4.74 Å². The number of hydrogen-bond acceptors (Lipinski definition) is 3. The van der Waals surface area contributed by atoms with Gasteiger partial charge in [0.1, 0.15) is 5.75 Å². The van der Waals surface area contributed by atoms with Crippen molar-refractivity contribution in [3.63, 3.8) is 0 Å². The Labute approximate surface area is 123 Å². The molecule has 2 aromatic carbocycles. The first-order valence-corrected chi connectivity index (χ1v) is 6.84. The van der Waals surface area contributed by atoms with Crippen molar-refractivity contribution < 1.29 is 9.66 Å². The Kier molecular flexibility index (Phi) is 5.10. The van der Waals surface area contributed by atoms with Crippen LogP contribution < -0.4 is 4.74 Å². The van der Waals surface area contributed by atoms with Crippen molar-refractivity contribution in [1.82, 2.24) is 0 Å². The Hall–Kier alpha value is -2.62. The zero-order valence-corrected chi connectivity index (χ0v) is 11.9. The van der Waals surface area contributed by atoms with Gasteiger partial charge in [0, 0.05) is 12.1 Å². The molecule has 0 saturated carbocycles. The van der Waals surface area contributed by atoms with Crippen LogP contribution in [-0.4, -0.2) is 11.5 Å². The van der Waals surface area contributed by atoms with Crippen molar-refractivity contribution in [1.29, 1.82) is 0 Å². The fraction of sp³-hybridized carbons (Fsp3) is 0.176. The zero-order chi connectivity index (χ0) is 15.1. The van der Waals surface area contributed by atoms with Gasteiger partial charge in [-0.2, -0.15) is 0 Å². The fourth-order valence-electron chi connectivity index (χ4n) is 1.79. The van der Waals surface area contributed by atoms with Crippen LogP contribution >= 0.6 is 0 Å². The second kappa shape index (κ2) is 7.24. The maximum absolute atomic E-state index is 10.6. The zero-order valence-electron chi connectivity index (χ0n) is 11.9. The van der Waals surface area contributed by atoms with E-state index in [-0.39, 0.29) is 5.69 Å². The number of nitro benzene ring substituents is 1. The SMILES string of the molecule is CCCOc1ccc(/C=C/c2ccc([N+](=O)[O-])cc2)cc1. The molecule has 0 heterocycles. The number of nitrogens with zero attached hydrogens (tertiary/aromatic N) is 1. The highest BCUT2D eigenvalue weighted by molar-refractivity contribution is 5.70. The summed E-state index contributed by atoms with van der Waals surface area (Å²) in [5, 5.41) is 10.6. The van der Waals surface area contributed by atoms with E-state index in [2.05, 4.69) is 6.92 Å². The van der Waals surface area contributed by atoms with E-state index in [0.29, 0.717) is 0 Å². The Balaban J connectivity index is 2.01. The first-order chi connectivity index (χ1) is 10.2. The Bertz CT molecular complexity index is 615. The summed E-state index contributed by atoms with van der Waals surface area (Å²) < 4.78 is 5.52. The predicted molar refractivity (Wildman–Crippen MR) is 84.3 cm³/mol. The van der Waals surface area contributed by atoms with Crippen LogP contribution in [0.1, 0.15) is 24.5 Å². The molecule has 108 valence electrons. The molecule has 0 bridgehead atoms. The van der Waals surface area contributed by atoms with Gasteiger partial charge in [-0.3, -0.25) is 10.1 Å². The van der Waals surface area contributed by atoms with E-state index in [1.807, 2.05) is 36.4 Å². The molecule has 2 aromatic rings. The summed E-state index contributed by atoms with van der Waals surface area (Å²) in [6, 6.07) is 14.3. The molecule has 0 aromatic heterocycles. The molecule has 0 N–H and O–H groups in total. The highest BCUT2D eigenvalue weighted by atomic mass is 16.6. The monoisotopic (exact) mass is 283 g/mol. The van der Waals surface area contributed by atoms with Crippen LogP contribution in [-0.2, 0) is 0 Å². The van der Waals surface area contributed by atoms with Crippen molar-refractivity contribution in [2.45, 2.75) is 13.3 Å². The molecule has 0 unspecified atom stereocenters. The molecule has 0 aliphatic rings. The van der Waals surface area contributed by atoms with Crippen LogP contribution in [0.15, 0.2) is 48.5 Å². The summed E-state index contributed by atoms with van der Waals surface area (Å²) in [6.45, 7) is 2.79. The standard InChI is InChI=1S/C17H17NO3/c1-2-13-21-17-11-7-15(8-12-17)4-3-14-5-9-16(10-6-14)18(19)20/h3-12H,2,13H2,1H3/b4-3+. The number of non-ortho nitro benzene ring substituents is 1. The van der Waals surface area contributed by atoms with E-state index < -0.39 is 4.92 Å². The molecule has 0 aliphatic carbocycles. The quantitative estimate of drug-likeness (QED) is 0.444. The van der Waals surface area contributed by atoms with Crippen LogP contribution in [0.25, 0.3) is 12.2 Å². The predicted octanol–water partition coefficient (Wildman–Crippen LogP) is 4.55. The van der Waals surface area contributed by atoms with Crippen molar-refractivity contribution in [3.05, 3.63) is 69.8 Å². The van der Waals surface area contributed by atoms with Gasteiger partial charge < -0.3 is 4.74 Å². The highest BCUT2D eigenvalue weighted by Gasteiger charge is 2.02. The molecule has 4 nitrogen and oxygen atoms in total. The van der Waals surface area contributed by atoms with Gasteiger partial charge in [-0.05, 0) is 41.8 Å². The second-order valence-electron chi connectivity index (χ2n) is 4.60. The van der Waals surface area contributed by atoms with Crippen LogP contribution in [0.3, 0.4) is 0 Å². The summed E-state index contributed by atoms with van der Waals surface area (Å²) >= 11 is 0. The van der Waals surface area contributed by atoms with Gasteiger partial charge in [0.15, 0.2) is 0 Å². The molecule has 2 rings (SSSR count). The van der Waals surface area contributed by atoms with Gasteiger partial charge in [-0.1, -0.05) is 31.2 Å². The van der Waals surface area contributed by atoms with Gasteiger partial charge in [-0.25, -0.2) is 0 Å². The fourth-order valence-corrected chi connectivity index (χ4v) is 1.79. The number of rotatable bonds is 6. The molecule has 0 amide bonds. The van der Waals surface area contributed by atoms with Gasteiger partial charge in [0.2, 0.25) is 0 Å². The smallest absolute Gasteiger partial charge is 0.269 e. The largest absolute Gasteiger partial charge is 0.494 e. The summed E-state index contributed by atoms with van der Waals surface area (Å²) in [6.07, 6.45) is 4.87. The minimum absolute atomic E-state index is 0.101. The van der Waals surface area contributed by atoms with Crippen molar-refractivity contribution in [3.8, 4) is 5.75 Å². The Morgan fingerprint density at radius 2 is 1.52 bits per heavy atom. The summed E-state index contributed by atoms with van der Waals surface area (Å²) in [5.74, 6) is 0.865. The van der Waals surface area contributed by atoms with Gasteiger partial charge in [0.05, 0.1) is 11.5 Å². The van der Waals surface area contributed by atoms with Gasteiger partial charge >= 0.3 is 0 Å². The van der Waals surface area contributed by atoms with E-state index in [0.717, 1.165) is 29.9 Å². The van der Waals surface area contributed by atoms with Gasteiger partial charge in [0.25, 0.3) is 5.69 Å². The van der Waals surface area contributed by atoms with E-state index in [9.17, 15) is 10.1 Å². The third-order valence-electron chi connectivity index (χ3n) is 2.93. The van der Waals surface area contributed by atoms with E-state index in [1.54, 1.807) is 12.1 Å². The lowest BCUT2D eigenvalue weighted by Gasteiger charge is -2.04. The first-order valence-electron chi connectivity index (χ1n) is 6.84. The number of nitro groups is 1.